The van der Waals surface area contributed by atoms with Crippen LogP contribution in [0.25, 0.3) is 0 Å². The van der Waals surface area contributed by atoms with Gasteiger partial charge in [-0.2, -0.15) is 0 Å². The number of carbonyl (C=O) groups excluding carboxylic acids is 1. The highest BCUT2D eigenvalue weighted by Crippen LogP contribution is 2.18. The van der Waals surface area contributed by atoms with E-state index in [-0.39, 0.29) is 17.1 Å². The van der Waals surface area contributed by atoms with Crippen LogP contribution < -0.4 is 0 Å². The highest BCUT2D eigenvalue weighted by Gasteiger charge is 2.19. The Kier molecular flexibility index (Phi) is 3.04. The molecule has 3 heteroatoms. The van der Waals surface area contributed by atoms with E-state index in [0.717, 1.165) is 18.4 Å². The van der Waals surface area contributed by atoms with Gasteiger partial charge < -0.3 is 4.74 Å². The maximum Gasteiger partial charge on any atom is 0.230 e. The number of allylic oxidation sites excluding steroid dienone is 2. The molecule has 1 aliphatic rings. The van der Waals surface area contributed by atoms with Gasteiger partial charge in [-0.15, -0.1) is 0 Å². The van der Waals surface area contributed by atoms with Crippen LogP contribution >= 0.6 is 0 Å². The molecule has 1 aromatic carbocycles. The molecule has 0 fully saturated rings. The molecule has 0 saturated carbocycles. The zero-order chi connectivity index (χ0) is 11.5. The molecule has 0 saturated heterocycles. The number of ketones is 1. The minimum atomic E-state index is -0.495. The van der Waals surface area contributed by atoms with E-state index in [2.05, 4.69) is 0 Å². The second kappa shape index (κ2) is 4.47. The lowest BCUT2D eigenvalue weighted by Gasteiger charge is -2.14. The standard InChI is InChI=1S/C13H13FO2/c1-9-5-6-11(14)10(8-9)13(15)12-4-2-3-7-16-12/h4-6,8H,2-3,7H2,1H3. The number of hydrogen-bond donors (Lipinski definition) is 0. The van der Waals surface area contributed by atoms with Crippen LogP contribution in [0.1, 0.15) is 28.8 Å². The van der Waals surface area contributed by atoms with E-state index >= 15 is 0 Å². The number of halogens is 1. The Morgan fingerprint density at radius 3 is 2.94 bits per heavy atom. The van der Waals surface area contributed by atoms with Gasteiger partial charge in [0.1, 0.15) is 5.82 Å². The van der Waals surface area contributed by atoms with Crippen molar-refractivity contribution in [2.75, 3.05) is 6.61 Å². The van der Waals surface area contributed by atoms with Gasteiger partial charge in [0.25, 0.3) is 0 Å². The summed E-state index contributed by atoms with van der Waals surface area (Å²) in [7, 11) is 0. The highest BCUT2D eigenvalue weighted by molar-refractivity contribution is 6.07. The fourth-order valence-corrected chi connectivity index (χ4v) is 1.66. The molecule has 1 aromatic rings. The summed E-state index contributed by atoms with van der Waals surface area (Å²) in [6, 6.07) is 4.50. The van der Waals surface area contributed by atoms with Gasteiger partial charge in [-0.3, -0.25) is 4.79 Å². The zero-order valence-corrected chi connectivity index (χ0v) is 9.13. The van der Waals surface area contributed by atoms with E-state index in [1.54, 1.807) is 18.2 Å². The van der Waals surface area contributed by atoms with Crippen LogP contribution in [0.2, 0.25) is 0 Å². The number of carbonyl (C=O) groups is 1. The van der Waals surface area contributed by atoms with Crippen LogP contribution in [0.5, 0.6) is 0 Å². The first-order valence-corrected chi connectivity index (χ1v) is 5.32. The maximum atomic E-state index is 13.5. The van der Waals surface area contributed by atoms with Gasteiger partial charge in [-0.1, -0.05) is 11.6 Å². The second-order valence-electron chi connectivity index (χ2n) is 3.87. The number of Topliss-reactive ketones (excluding diaryl/α,β-unsaturated/α-hetero) is 1. The van der Waals surface area contributed by atoms with Crippen LogP contribution in [0.3, 0.4) is 0 Å². The molecule has 0 atom stereocenters. The molecule has 0 aromatic heterocycles. The maximum absolute atomic E-state index is 13.5. The topological polar surface area (TPSA) is 26.3 Å². The van der Waals surface area contributed by atoms with Gasteiger partial charge in [0, 0.05) is 0 Å². The number of benzene rings is 1. The summed E-state index contributed by atoms with van der Waals surface area (Å²) < 4.78 is 18.7. The largest absolute Gasteiger partial charge is 0.490 e. The van der Waals surface area contributed by atoms with E-state index in [0.29, 0.717) is 6.61 Å². The van der Waals surface area contributed by atoms with Crippen LogP contribution in [0.4, 0.5) is 4.39 Å². The van der Waals surface area contributed by atoms with E-state index in [1.807, 2.05) is 6.92 Å². The van der Waals surface area contributed by atoms with Gasteiger partial charge >= 0.3 is 0 Å². The summed E-state index contributed by atoms with van der Waals surface area (Å²) in [5, 5.41) is 0. The molecule has 1 heterocycles. The molecule has 0 N–H and O–H groups in total. The lowest BCUT2D eigenvalue weighted by molar-refractivity contribution is 0.0895. The third-order valence-corrected chi connectivity index (χ3v) is 2.53. The summed E-state index contributed by atoms with van der Waals surface area (Å²) in [5.74, 6) is -0.581. The fraction of sp³-hybridized carbons (Fsp3) is 0.308. The average Bonchev–Trinajstić information content (AvgIpc) is 2.32. The van der Waals surface area contributed by atoms with Crippen LogP contribution in [0.15, 0.2) is 30.0 Å². The lowest BCUT2D eigenvalue weighted by Crippen LogP contribution is -2.13. The number of ether oxygens (including phenoxy) is 1. The Labute approximate surface area is 93.7 Å². The Morgan fingerprint density at radius 1 is 1.44 bits per heavy atom. The van der Waals surface area contributed by atoms with Gasteiger partial charge in [0.05, 0.1) is 12.2 Å². The van der Waals surface area contributed by atoms with E-state index in [1.165, 1.54) is 6.07 Å². The fourth-order valence-electron chi connectivity index (χ4n) is 1.66. The van der Waals surface area contributed by atoms with Crippen molar-refractivity contribution >= 4 is 5.78 Å². The van der Waals surface area contributed by atoms with Crippen molar-refractivity contribution in [1.29, 1.82) is 0 Å². The molecule has 16 heavy (non-hydrogen) atoms. The van der Waals surface area contributed by atoms with Crippen molar-refractivity contribution in [3.8, 4) is 0 Å². The van der Waals surface area contributed by atoms with Crippen LogP contribution in [-0.2, 0) is 4.74 Å². The second-order valence-corrected chi connectivity index (χ2v) is 3.87. The minimum absolute atomic E-state index is 0.0909. The first-order valence-electron chi connectivity index (χ1n) is 5.32. The van der Waals surface area contributed by atoms with E-state index in [9.17, 15) is 9.18 Å². The summed E-state index contributed by atoms with van der Waals surface area (Å²) in [4.78, 5) is 11.9. The predicted molar refractivity (Wildman–Crippen MR) is 58.7 cm³/mol. The van der Waals surface area contributed by atoms with Gasteiger partial charge in [0.15, 0.2) is 5.76 Å². The molecule has 0 aliphatic carbocycles. The molecular formula is C13H13FO2. The Hall–Kier alpha value is -1.64. The SMILES string of the molecule is Cc1ccc(F)c(C(=O)C2=CCCCO2)c1. The normalized spacial score (nSPS) is 15.2. The lowest BCUT2D eigenvalue weighted by atomic mass is 10.0. The average molecular weight is 220 g/mol. The monoisotopic (exact) mass is 220 g/mol. The van der Waals surface area contributed by atoms with Gasteiger partial charge in [0.2, 0.25) is 5.78 Å². The molecule has 0 radical (unpaired) electrons. The molecule has 0 spiro atoms. The molecule has 84 valence electrons. The Bertz CT molecular complexity index is 449. The molecular weight excluding hydrogens is 207 g/mol. The summed E-state index contributed by atoms with van der Waals surface area (Å²) >= 11 is 0. The van der Waals surface area contributed by atoms with Crippen molar-refractivity contribution in [2.45, 2.75) is 19.8 Å². The van der Waals surface area contributed by atoms with Crippen molar-refractivity contribution < 1.29 is 13.9 Å². The molecule has 0 amide bonds. The molecule has 2 nitrogen and oxygen atoms in total. The Morgan fingerprint density at radius 2 is 2.25 bits per heavy atom. The number of aryl methyl sites for hydroxylation is 1. The van der Waals surface area contributed by atoms with Crippen molar-refractivity contribution in [3.63, 3.8) is 0 Å². The first kappa shape index (κ1) is 10.9. The third kappa shape index (κ3) is 2.13. The van der Waals surface area contributed by atoms with Gasteiger partial charge in [-0.05, 0) is 38.0 Å². The van der Waals surface area contributed by atoms with Gasteiger partial charge in [-0.25, -0.2) is 4.39 Å². The quantitative estimate of drug-likeness (QED) is 0.716. The van der Waals surface area contributed by atoms with Crippen molar-refractivity contribution in [1.82, 2.24) is 0 Å². The van der Waals surface area contributed by atoms with E-state index < -0.39 is 5.82 Å². The highest BCUT2D eigenvalue weighted by atomic mass is 19.1. The molecule has 2 rings (SSSR count). The third-order valence-electron chi connectivity index (χ3n) is 2.53. The molecule has 0 bridgehead atoms. The van der Waals surface area contributed by atoms with Crippen LogP contribution in [0, 0.1) is 12.7 Å². The van der Waals surface area contributed by atoms with E-state index in [4.69, 9.17) is 4.74 Å². The summed E-state index contributed by atoms with van der Waals surface area (Å²) in [5.41, 5.74) is 0.953. The number of rotatable bonds is 2. The summed E-state index contributed by atoms with van der Waals surface area (Å²) in [6.07, 6.45) is 3.45. The Balaban J connectivity index is 2.33. The van der Waals surface area contributed by atoms with Crippen LogP contribution in [-0.4, -0.2) is 12.4 Å². The van der Waals surface area contributed by atoms with Crippen molar-refractivity contribution in [3.05, 3.63) is 47.0 Å². The molecule has 0 unspecified atom stereocenters. The zero-order valence-electron chi connectivity index (χ0n) is 9.13. The minimum Gasteiger partial charge on any atom is -0.490 e. The predicted octanol–water partition coefficient (Wildman–Crippen LogP) is 3.01. The molecule has 1 aliphatic heterocycles. The van der Waals surface area contributed by atoms with Crippen molar-refractivity contribution in [2.24, 2.45) is 0 Å². The number of hydrogen-bond acceptors (Lipinski definition) is 2. The summed E-state index contributed by atoms with van der Waals surface area (Å²) in [6.45, 7) is 2.36. The first-order chi connectivity index (χ1) is 7.68. The smallest absolute Gasteiger partial charge is 0.230 e.